The molecule has 0 radical (unpaired) electrons. The lowest BCUT2D eigenvalue weighted by atomic mass is 9.85. The number of fused-ring (bicyclic) bond motifs is 1. The van der Waals surface area contributed by atoms with Crippen molar-refractivity contribution in [3.8, 4) is 5.75 Å². The van der Waals surface area contributed by atoms with Gasteiger partial charge in [-0.2, -0.15) is 0 Å². The van der Waals surface area contributed by atoms with E-state index in [-0.39, 0.29) is 18.1 Å². The average Bonchev–Trinajstić information content (AvgIpc) is 3.12. The Labute approximate surface area is 190 Å². The number of carbonyl (C=O) groups is 2. The molecule has 2 heterocycles. The minimum Gasteiger partial charge on any atom is -0.491 e. The summed E-state index contributed by atoms with van der Waals surface area (Å²) in [7, 11) is 0. The van der Waals surface area contributed by atoms with Crippen LogP contribution in [-0.4, -0.2) is 39.9 Å². The lowest BCUT2D eigenvalue weighted by Crippen LogP contribution is -2.55. The molecule has 0 spiro atoms. The van der Waals surface area contributed by atoms with Gasteiger partial charge in [-0.05, 0) is 25.5 Å². The molecule has 0 saturated heterocycles. The van der Waals surface area contributed by atoms with Crippen LogP contribution in [0, 0.1) is 10.1 Å². The number of hydrogen-bond donors (Lipinski definition) is 0. The van der Waals surface area contributed by atoms with Crippen molar-refractivity contribution >= 4 is 17.6 Å². The molecular formula is C24H24N2O7. The van der Waals surface area contributed by atoms with E-state index < -0.39 is 28.6 Å². The summed E-state index contributed by atoms with van der Waals surface area (Å²) in [6.07, 6.45) is 0.503. The second-order valence-electron chi connectivity index (χ2n) is 8.51. The molecule has 2 aromatic carbocycles. The zero-order valence-corrected chi connectivity index (χ0v) is 18.5. The normalized spacial score (nSPS) is 21.0. The van der Waals surface area contributed by atoms with Gasteiger partial charge < -0.3 is 19.1 Å². The van der Waals surface area contributed by atoms with Crippen molar-refractivity contribution in [3.05, 3.63) is 81.6 Å². The highest BCUT2D eigenvalue weighted by Crippen LogP contribution is 2.46. The first-order valence-electron chi connectivity index (χ1n) is 10.5. The maximum atomic E-state index is 13.0. The van der Waals surface area contributed by atoms with Crippen LogP contribution in [-0.2, 0) is 25.7 Å². The number of benzene rings is 2. The first-order chi connectivity index (χ1) is 15.7. The number of hydrogen-bond acceptors (Lipinski definition) is 7. The molecule has 0 fully saturated rings. The summed E-state index contributed by atoms with van der Waals surface area (Å²) < 4.78 is 17.5. The van der Waals surface area contributed by atoms with Crippen molar-refractivity contribution in [1.29, 1.82) is 0 Å². The number of non-ortho nitro benzene ring substituents is 1. The molecule has 0 bridgehead atoms. The van der Waals surface area contributed by atoms with Crippen molar-refractivity contribution in [1.82, 2.24) is 4.90 Å². The van der Waals surface area contributed by atoms with Crippen LogP contribution in [0.1, 0.15) is 37.9 Å². The van der Waals surface area contributed by atoms with Gasteiger partial charge in [0.2, 0.25) is 0 Å². The van der Waals surface area contributed by atoms with Gasteiger partial charge in [-0.3, -0.25) is 19.7 Å². The van der Waals surface area contributed by atoms with Gasteiger partial charge >= 0.3 is 5.97 Å². The van der Waals surface area contributed by atoms with Crippen LogP contribution in [0.25, 0.3) is 0 Å². The maximum absolute atomic E-state index is 13.0. The van der Waals surface area contributed by atoms with Gasteiger partial charge in [-0.15, -0.1) is 0 Å². The van der Waals surface area contributed by atoms with Crippen molar-refractivity contribution in [2.45, 2.75) is 45.1 Å². The number of nitro benzene ring substituents is 1. The summed E-state index contributed by atoms with van der Waals surface area (Å²) in [6.45, 7) is 5.20. The largest absolute Gasteiger partial charge is 0.491 e. The number of carbonyl (C=O) groups excluding carboxylic acids is 2. The molecule has 2 aliphatic rings. The SMILES string of the molecule is CC(=O)O[C@H]1[C@H](N2CC(OCc3ccccc3)=CC2=O)c2cc([N+](=O)[O-])ccc2OC1(C)C. The van der Waals surface area contributed by atoms with E-state index >= 15 is 0 Å². The van der Waals surface area contributed by atoms with Crippen LogP contribution in [0.2, 0.25) is 0 Å². The quantitative estimate of drug-likeness (QED) is 0.374. The lowest BCUT2D eigenvalue weighted by Gasteiger charge is -2.46. The van der Waals surface area contributed by atoms with Gasteiger partial charge in [0, 0.05) is 30.7 Å². The molecule has 2 aliphatic heterocycles. The van der Waals surface area contributed by atoms with Crippen LogP contribution < -0.4 is 4.74 Å². The Morgan fingerprint density at radius 2 is 1.97 bits per heavy atom. The van der Waals surface area contributed by atoms with E-state index in [2.05, 4.69) is 0 Å². The summed E-state index contributed by atoms with van der Waals surface area (Å²) in [6, 6.07) is 13.0. The van der Waals surface area contributed by atoms with Crippen LogP contribution in [0.5, 0.6) is 5.75 Å². The summed E-state index contributed by atoms with van der Waals surface area (Å²) in [5, 5.41) is 11.4. The number of esters is 1. The summed E-state index contributed by atoms with van der Waals surface area (Å²) in [4.78, 5) is 37.3. The van der Waals surface area contributed by atoms with E-state index in [4.69, 9.17) is 14.2 Å². The second-order valence-corrected chi connectivity index (χ2v) is 8.51. The number of nitro groups is 1. The zero-order chi connectivity index (χ0) is 23.8. The summed E-state index contributed by atoms with van der Waals surface area (Å²) in [5.74, 6) is -0.0294. The second kappa shape index (κ2) is 8.57. The van der Waals surface area contributed by atoms with Crippen LogP contribution in [0.4, 0.5) is 5.69 Å². The summed E-state index contributed by atoms with van der Waals surface area (Å²) >= 11 is 0. The highest BCUT2D eigenvalue weighted by atomic mass is 16.6. The number of amides is 1. The number of nitrogens with zero attached hydrogens (tertiary/aromatic N) is 2. The van der Waals surface area contributed by atoms with E-state index in [9.17, 15) is 19.7 Å². The Morgan fingerprint density at radius 1 is 1.24 bits per heavy atom. The molecule has 0 N–H and O–H groups in total. The highest BCUT2D eigenvalue weighted by Gasteiger charge is 2.51. The van der Waals surface area contributed by atoms with Crippen molar-refractivity contribution < 1.29 is 28.7 Å². The Bertz CT molecular complexity index is 1130. The fraction of sp³-hybridized carbons (Fsp3) is 0.333. The van der Waals surface area contributed by atoms with Crippen LogP contribution in [0.3, 0.4) is 0 Å². The third-order valence-electron chi connectivity index (χ3n) is 5.66. The van der Waals surface area contributed by atoms with E-state index in [1.165, 1.54) is 36.1 Å². The van der Waals surface area contributed by atoms with E-state index in [0.717, 1.165) is 5.56 Å². The first kappa shape index (κ1) is 22.3. The first-order valence-corrected chi connectivity index (χ1v) is 10.5. The maximum Gasteiger partial charge on any atom is 0.303 e. The summed E-state index contributed by atoms with van der Waals surface area (Å²) in [5.41, 5.74) is 0.216. The van der Waals surface area contributed by atoms with Gasteiger partial charge in [0.1, 0.15) is 29.8 Å². The molecular weight excluding hydrogens is 428 g/mol. The van der Waals surface area contributed by atoms with Crippen LogP contribution >= 0.6 is 0 Å². The topological polar surface area (TPSA) is 108 Å². The Morgan fingerprint density at radius 3 is 2.64 bits per heavy atom. The Kier molecular flexibility index (Phi) is 5.80. The van der Waals surface area contributed by atoms with E-state index in [1.54, 1.807) is 13.8 Å². The van der Waals surface area contributed by atoms with Crippen molar-refractivity contribution in [3.63, 3.8) is 0 Å². The van der Waals surface area contributed by atoms with Gasteiger partial charge in [-0.1, -0.05) is 30.3 Å². The Hall–Kier alpha value is -3.88. The zero-order valence-electron chi connectivity index (χ0n) is 18.5. The molecule has 172 valence electrons. The minimum absolute atomic E-state index is 0.131. The van der Waals surface area contributed by atoms with E-state index in [0.29, 0.717) is 23.7 Å². The monoisotopic (exact) mass is 452 g/mol. The fourth-order valence-electron chi connectivity index (χ4n) is 4.16. The number of rotatable bonds is 6. The predicted molar refractivity (Wildman–Crippen MR) is 117 cm³/mol. The van der Waals surface area contributed by atoms with Gasteiger partial charge in [0.25, 0.3) is 11.6 Å². The molecule has 2 atom stereocenters. The molecule has 33 heavy (non-hydrogen) atoms. The van der Waals surface area contributed by atoms with E-state index in [1.807, 2.05) is 30.3 Å². The smallest absolute Gasteiger partial charge is 0.303 e. The predicted octanol–water partition coefficient (Wildman–Crippen LogP) is 3.68. The third-order valence-corrected chi connectivity index (χ3v) is 5.66. The minimum atomic E-state index is -0.993. The van der Waals surface area contributed by atoms with Crippen molar-refractivity contribution in [2.24, 2.45) is 0 Å². The standard InChI is InChI=1S/C24H24N2O7/c1-15(27)32-23-22(19-11-17(26(29)30)9-10-20(19)33-24(23,2)3)25-13-18(12-21(25)28)31-14-16-7-5-4-6-8-16/h4-12,22-23H,13-14H2,1-3H3/t22-,23+/m1/s1. The lowest BCUT2D eigenvalue weighted by molar-refractivity contribution is -0.385. The molecule has 4 rings (SSSR count). The highest BCUT2D eigenvalue weighted by molar-refractivity contribution is 5.91. The molecule has 9 heteroatoms. The average molecular weight is 452 g/mol. The molecule has 0 saturated carbocycles. The van der Waals surface area contributed by atoms with Crippen LogP contribution in [0.15, 0.2) is 60.4 Å². The van der Waals surface area contributed by atoms with Gasteiger partial charge in [-0.25, -0.2) is 0 Å². The third kappa shape index (κ3) is 4.52. The van der Waals surface area contributed by atoms with Gasteiger partial charge in [0.05, 0.1) is 11.5 Å². The van der Waals surface area contributed by atoms with Crippen molar-refractivity contribution in [2.75, 3.05) is 6.54 Å². The molecule has 0 aliphatic carbocycles. The fourth-order valence-corrected chi connectivity index (χ4v) is 4.16. The van der Waals surface area contributed by atoms with Gasteiger partial charge in [0.15, 0.2) is 6.10 Å². The number of ether oxygens (including phenoxy) is 3. The molecule has 0 aromatic heterocycles. The Balaban J connectivity index is 1.67. The molecule has 0 unspecified atom stereocenters. The molecule has 9 nitrogen and oxygen atoms in total. The molecule has 1 amide bonds. The molecule has 2 aromatic rings.